The zero-order chi connectivity index (χ0) is 12.4. The molecule has 0 saturated carbocycles. The summed E-state index contributed by atoms with van der Waals surface area (Å²) in [7, 11) is -2.62. The van der Waals surface area contributed by atoms with Gasteiger partial charge in [-0.05, 0) is 32.9 Å². The summed E-state index contributed by atoms with van der Waals surface area (Å²) in [5.74, 6) is 0. The van der Waals surface area contributed by atoms with Gasteiger partial charge in [-0.2, -0.15) is 0 Å². The molecule has 0 saturated heterocycles. The quantitative estimate of drug-likeness (QED) is 0.553. The molecule has 96 valence electrons. The second-order valence-corrected chi connectivity index (χ2v) is 6.17. The van der Waals surface area contributed by atoms with Crippen LogP contribution in [0.5, 0.6) is 0 Å². The van der Waals surface area contributed by atoms with Gasteiger partial charge in [-0.1, -0.05) is 26.3 Å². The van der Waals surface area contributed by atoms with Crippen molar-refractivity contribution < 1.29 is 13.3 Å². The van der Waals surface area contributed by atoms with Gasteiger partial charge >= 0.3 is 8.80 Å². The highest BCUT2D eigenvalue weighted by molar-refractivity contribution is 6.66. The first-order chi connectivity index (χ1) is 7.64. The fraction of sp³-hybridized carbons (Fsp3) is 0.833. The summed E-state index contributed by atoms with van der Waals surface area (Å²) in [5, 5.41) is 0. The predicted octanol–water partition coefficient (Wildman–Crippen LogP) is 3.32. The minimum absolute atomic E-state index is 0.169. The Bertz CT molecular complexity index is 179. The molecule has 0 aromatic heterocycles. The summed E-state index contributed by atoms with van der Waals surface area (Å²) in [6.45, 7) is 13.1. The normalized spacial score (nSPS) is 13.8. The Morgan fingerprint density at radius 1 is 1.19 bits per heavy atom. The largest absolute Gasteiger partial charge is 0.529 e. The molecule has 16 heavy (non-hydrogen) atoms. The van der Waals surface area contributed by atoms with Gasteiger partial charge in [-0.25, -0.2) is 0 Å². The number of rotatable bonds is 10. The van der Waals surface area contributed by atoms with Crippen molar-refractivity contribution in [3.05, 3.63) is 12.3 Å². The molecule has 0 aromatic rings. The fourth-order valence-corrected chi connectivity index (χ4v) is 3.54. The van der Waals surface area contributed by atoms with Crippen LogP contribution in [0.1, 0.15) is 47.0 Å². The molecule has 0 aromatic carbocycles. The van der Waals surface area contributed by atoms with Gasteiger partial charge < -0.3 is 13.3 Å². The van der Waals surface area contributed by atoms with Gasteiger partial charge in [0, 0.05) is 19.3 Å². The van der Waals surface area contributed by atoms with E-state index in [2.05, 4.69) is 20.4 Å². The van der Waals surface area contributed by atoms with Crippen LogP contribution in [-0.2, 0) is 13.3 Å². The van der Waals surface area contributed by atoms with Crippen LogP contribution in [0.2, 0.25) is 0 Å². The molecule has 4 heteroatoms. The molecule has 0 spiro atoms. The summed E-state index contributed by atoms with van der Waals surface area (Å²) >= 11 is 0. The van der Waals surface area contributed by atoms with E-state index in [1.54, 1.807) is 5.70 Å². The molecule has 0 N–H and O–H groups in total. The van der Waals surface area contributed by atoms with E-state index in [0.29, 0.717) is 13.2 Å². The third kappa shape index (κ3) is 5.79. The molecule has 1 unspecified atom stereocenters. The Labute approximate surface area is 101 Å². The van der Waals surface area contributed by atoms with Crippen LogP contribution in [0.15, 0.2) is 12.3 Å². The smallest absolute Gasteiger partial charge is 0.371 e. The van der Waals surface area contributed by atoms with E-state index in [1.807, 2.05) is 13.8 Å². The first-order valence-corrected chi connectivity index (χ1v) is 8.03. The highest BCUT2D eigenvalue weighted by atomic mass is 28.4. The minimum atomic E-state index is -2.62. The highest BCUT2D eigenvalue weighted by Gasteiger charge is 2.38. The average molecular weight is 246 g/mol. The van der Waals surface area contributed by atoms with Crippen LogP contribution in [-0.4, -0.2) is 28.1 Å². The first kappa shape index (κ1) is 15.8. The lowest BCUT2D eigenvalue weighted by atomic mass is 10.2. The van der Waals surface area contributed by atoms with Gasteiger partial charge in [0.05, 0.1) is 0 Å². The summed E-state index contributed by atoms with van der Waals surface area (Å²) in [5.41, 5.74) is 1.72. The van der Waals surface area contributed by atoms with Crippen molar-refractivity contribution in [3.8, 4) is 0 Å². The maximum atomic E-state index is 5.95. The molecule has 0 heterocycles. The molecular weight excluding hydrogens is 220 g/mol. The van der Waals surface area contributed by atoms with E-state index in [-0.39, 0.29) is 6.10 Å². The van der Waals surface area contributed by atoms with Gasteiger partial charge in [0.2, 0.25) is 0 Å². The highest BCUT2D eigenvalue weighted by Crippen LogP contribution is 2.16. The van der Waals surface area contributed by atoms with E-state index < -0.39 is 8.80 Å². The van der Waals surface area contributed by atoms with Gasteiger partial charge in [0.25, 0.3) is 0 Å². The van der Waals surface area contributed by atoms with Crippen LogP contribution in [0.25, 0.3) is 0 Å². The lowest BCUT2D eigenvalue weighted by molar-refractivity contribution is 0.0462. The second kappa shape index (κ2) is 8.93. The van der Waals surface area contributed by atoms with Crippen LogP contribution in [0.4, 0.5) is 0 Å². The van der Waals surface area contributed by atoms with E-state index >= 15 is 0 Å². The molecule has 1 atom stereocenters. The lowest BCUT2D eigenvalue weighted by Gasteiger charge is -2.28. The summed E-state index contributed by atoms with van der Waals surface area (Å²) in [6, 6.07) is 0. The molecular formula is C12H26O3Si. The number of hydrogen-bond acceptors (Lipinski definition) is 3. The summed E-state index contributed by atoms with van der Waals surface area (Å²) in [4.78, 5) is 0. The van der Waals surface area contributed by atoms with Gasteiger partial charge in [-0.15, -0.1) is 0 Å². The van der Waals surface area contributed by atoms with Crippen molar-refractivity contribution in [2.75, 3.05) is 13.2 Å². The molecule has 0 aliphatic rings. The van der Waals surface area contributed by atoms with Crippen molar-refractivity contribution >= 4 is 8.80 Å². The zero-order valence-electron chi connectivity index (χ0n) is 11.1. The lowest BCUT2D eigenvalue weighted by Crippen LogP contribution is -2.46. The Morgan fingerprint density at radius 3 is 2.12 bits per heavy atom. The maximum absolute atomic E-state index is 5.95. The van der Waals surface area contributed by atoms with Crippen molar-refractivity contribution in [1.82, 2.24) is 0 Å². The zero-order valence-corrected chi connectivity index (χ0v) is 12.1. The van der Waals surface area contributed by atoms with E-state index in [1.165, 1.54) is 12.8 Å². The summed E-state index contributed by atoms with van der Waals surface area (Å²) in [6.07, 6.45) is 3.56. The van der Waals surface area contributed by atoms with Crippen LogP contribution < -0.4 is 0 Å². The van der Waals surface area contributed by atoms with E-state index in [0.717, 1.165) is 6.42 Å². The Morgan fingerprint density at radius 2 is 1.75 bits per heavy atom. The maximum Gasteiger partial charge on any atom is 0.529 e. The van der Waals surface area contributed by atoms with Crippen LogP contribution >= 0.6 is 0 Å². The molecule has 0 amide bonds. The summed E-state index contributed by atoms with van der Waals surface area (Å²) < 4.78 is 17.2. The van der Waals surface area contributed by atoms with Crippen LogP contribution in [0, 0.1) is 0 Å². The monoisotopic (exact) mass is 246 g/mol. The molecule has 0 radical (unpaired) electrons. The minimum Gasteiger partial charge on any atom is -0.371 e. The standard InChI is InChI=1S/C12H26O3Si/c1-6-10-11-12(5)15-16(9-4,13-7-2)14-8-3/h9,12H,4,6-8,10-11H2,1-3,5H3. The van der Waals surface area contributed by atoms with Crippen molar-refractivity contribution in [1.29, 1.82) is 0 Å². The Kier molecular flexibility index (Phi) is 8.84. The molecule has 3 nitrogen and oxygen atoms in total. The molecule has 0 rings (SSSR count). The van der Waals surface area contributed by atoms with Crippen molar-refractivity contribution in [2.45, 2.75) is 53.1 Å². The van der Waals surface area contributed by atoms with E-state index in [4.69, 9.17) is 13.3 Å². The van der Waals surface area contributed by atoms with Gasteiger partial charge in [0.15, 0.2) is 0 Å². The molecule has 0 fully saturated rings. The molecule has 0 bridgehead atoms. The van der Waals surface area contributed by atoms with Crippen molar-refractivity contribution in [3.63, 3.8) is 0 Å². The third-order valence-electron chi connectivity index (χ3n) is 2.27. The second-order valence-electron chi connectivity index (χ2n) is 3.74. The van der Waals surface area contributed by atoms with Gasteiger partial charge in [0.1, 0.15) is 0 Å². The Balaban J connectivity index is 4.32. The van der Waals surface area contributed by atoms with Gasteiger partial charge in [-0.3, -0.25) is 0 Å². The fourth-order valence-electron chi connectivity index (χ4n) is 1.51. The predicted molar refractivity (Wildman–Crippen MR) is 69.3 cm³/mol. The van der Waals surface area contributed by atoms with Crippen LogP contribution in [0.3, 0.4) is 0 Å². The van der Waals surface area contributed by atoms with E-state index in [9.17, 15) is 0 Å². The molecule has 0 aliphatic heterocycles. The topological polar surface area (TPSA) is 27.7 Å². The number of hydrogen-bond donors (Lipinski definition) is 0. The van der Waals surface area contributed by atoms with Crippen molar-refractivity contribution in [2.24, 2.45) is 0 Å². The Hall–Kier alpha value is -0.163. The SMILES string of the molecule is C=C[Si](OCC)(OCC)OC(C)CCCC. The third-order valence-corrected chi connectivity index (χ3v) is 4.88. The average Bonchev–Trinajstić information content (AvgIpc) is 2.27. The number of unbranched alkanes of at least 4 members (excludes halogenated alkanes) is 1. The first-order valence-electron chi connectivity index (χ1n) is 6.23. The molecule has 0 aliphatic carbocycles.